The third kappa shape index (κ3) is 13.9. The van der Waals surface area contributed by atoms with E-state index in [9.17, 15) is 30.3 Å². The summed E-state index contributed by atoms with van der Waals surface area (Å²) in [7, 11) is 0. The van der Waals surface area contributed by atoms with Crippen molar-refractivity contribution in [3.05, 3.63) is 117 Å². The van der Waals surface area contributed by atoms with E-state index in [0.29, 0.717) is 15.9 Å². The molecule has 0 unspecified atom stereocenters. The predicted octanol–water partition coefficient (Wildman–Crippen LogP) is 5.36. The van der Waals surface area contributed by atoms with Gasteiger partial charge >= 0.3 is 5.69 Å². The molecule has 0 amide bonds. The first-order valence-corrected chi connectivity index (χ1v) is 13.3. The number of pyridine rings is 4. The Bertz CT molecular complexity index is 1560. The topological polar surface area (TPSA) is 257 Å². The summed E-state index contributed by atoms with van der Waals surface area (Å²) in [6.07, 6.45) is 6.17. The summed E-state index contributed by atoms with van der Waals surface area (Å²) in [4.78, 5) is 44.8. The Morgan fingerprint density at radius 3 is 1.65 bits per heavy atom. The molecule has 0 atom stereocenters. The second kappa shape index (κ2) is 17.7. The van der Waals surface area contributed by atoms with Crippen LogP contribution in [0.1, 0.15) is 22.3 Å². The van der Waals surface area contributed by atoms with E-state index < -0.39 is 15.0 Å². The molecule has 4 aromatic heterocycles. The summed E-state index contributed by atoms with van der Waals surface area (Å²) >= 11 is 6.36. The zero-order valence-electron chi connectivity index (χ0n) is 23.2. The van der Waals surface area contributed by atoms with E-state index in [0.717, 1.165) is 21.2 Å². The molecule has 228 valence electrons. The molecule has 0 aliphatic carbocycles. The Kier molecular flexibility index (Phi) is 14.8. The lowest BCUT2D eigenvalue weighted by Crippen LogP contribution is -2.09. The monoisotopic (exact) mass is 723 g/mol. The van der Waals surface area contributed by atoms with Crippen LogP contribution in [0.2, 0.25) is 0 Å². The van der Waals surface area contributed by atoms with Crippen LogP contribution < -0.4 is 22.3 Å². The normalized spacial score (nSPS) is 9.44. The van der Waals surface area contributed by atoms with Crippen LogP contribution >= 0.6 is 31.9 Å². The van der Waals surface area contributed by atoms with Crippen molar-refractivity contribution < 1.29 is 15.0 Å². The van der Waals surface area contributed by atoms with Crippen molar-refractivity contribution in [2.45, 2.75) is 27.7 Å². The largest absolute Gasteiger partial charge is 0.384 e. The van der Waals surface area contributed by atoms with Crippen LogP contribution in [0.25, 0.3) is 0 Å². The third-order valence-corrected chi connectivity index (χ3v) is 6.40. The van der Waals surface area contributed by atoms with Crippen LogP contribution in [0, 0.1) is 58.0 Å². The van der Waals surface area contributed by atoms with Crippen molar-refractivity contribution in [1.82, 2.24) is 19.9 Å². The summed E-state index contributed by atoms with van der Waals surface area (Å²) in [6, 6.07) is 8.71. The van der Waals surface area contributed by atoms with Crippen LogP contribution in [0.5, 0.6) is 0 Å². The van der Waals surface area contributed by atoms with E-state index >= 15 is 0 Å². The molecule has 0 fully saturated rings. The number of hydrazine groups is 2. The van der Waals surface area contributed by atoms with Gasteiger partial charge in [-0.2, -0.15) is 0 Å². The molecule has 0 aliphatic rings. The van der Waals surface area contributed by atoms with Gasteiger partial charge in [-0.15, -0.1) is 0 Å². The van der Waals surface area contributed by atoms with Crippen LogP contribution in [0.15, 0.2) is 64.1 Å². The maximum atomic E-state index is 10.5. The number of aryl methyl sites for hydroxylation is 3. The quantitative estimate of drug-likeness (QED) is 0.149. The molecule has 19 heteroatoms. The van der Waals surface area contributed by atoms with E-state index in [1.807, 2.05) is 43.8 Å². The van der Waals surface area contributed by atoms with Crippen molar-refractivity contribution in [2.24, 2.45) is 0 Å². The number of nitrogen functional groups attached to an aromatic ring is 2. The predicted molar refractivity (Wildman–Crippen MR) is 168 cm³/mol. The van der Waals surface area contributed by atoms with Gasteiger partial charge in [-0.1, -0.05) is 10.9 Å². The smallest absolute Gasteiger partial charge is 0.315 e. The number of nitrogens with one attached hydrogen (secondary N) is 2. The van der Waals surface area contributed by atoms with Gasteiger partial charge in [0.05, 0.1) is 4.92 Å². The minimum atomic E-state index is -0.643. The fourth-order valence-electron chi connectivity index (χ4n) is 2.76. The molecular weight excluding hydrogens is 698 g/mol. The van der Waals surface area contributed by atoms with E-state index in [4.69, 9.17) is 11.5 Å². The number of halogens is 2. The lowest BCUT2D eigenvalue weighted by Gasteiger charge is -2.00. The van der Waals surface area contributed by atoms with Crippen LogP contribution in [-0.4, -0.2) is 34.9 Å². The number of hydrogen-bond donors (Lipinski definition) is 4. The molecular formula is C24H27Br2N11O6. The van der Waals surface area contributed by atoms with Gasteiger partial charge in [-0.25, -0.2) is 40.2 Å². The molecule has 4 heterocycles. The number of nitrogens with zero attached hydrogens (tertiary/aromatic N) is 7. The Hall–Kier alpha value is -5.04. The van der Waals surface area contributed by atoms with Crippen molar-refractivity contribution in [3.8, 4) is 0 Å². The molecule has 6 N–H and O–H groups in total. The highest BCUT2D eigenvalue weighted by atomic mass is 79.9. The van der Waals surface area contributed by atoms with E-state index in [-0.39, 0.29) is 23.1 Å². The number of nitrogens with two attached hydrogens (primary N) is 2. The summed E-state index contributed by atoms with van der Waals surface area (Å²) in [5.41, 5.74) is 17.9. The maximum Gasteiger partial charge on any atom is 0.315 e. The van der Waals surface area contributed by atoms with Crippen LogP contribution in [0.4, 0.5) is 29.0 Å². The molecule has 0 saturated heterocycles. The number of anilines is 4. The van der Waals surface area contributed by atoms with E-state index in [1.54, 1.807) is 31.3 Å². The molecule has 0 radical (unpaired) electrons. The van der Waals surface area contributed by atoms with Crippen molar-refractivity contribution >= 4 is 60.8 Å². The van der Waals surface area contributed by atoms with Gasteiger partial charge in [0.1, 0.15) is 5.82 Å². The average Bonchev–Trinajstić information content (AvgIpc) is 2.89. The SMILES string of the molecule is Cc1c(Br)cnc(N)c1[N+](=O)[O-].Cc1cc(N[N+](=O)[O-])ncc1Br.Cc1ccnc(N)c1.Cc1ccnc(N[N+](=O)[O-])c1. The van der Waals surface area contributed by atoms with Gasteiger partial charge in [0.25, 0.3) is 0 Å². The molecule has 0 saturated carbocycles. The number of nitro groups is 3. The molecule has 4 aromatic rings. The summed E-state index contributed by atoms with van der Waals surface area (Å²) in [6.45, 7) is 7.27. The fraction of sp³-hybridized carbons (Fsp3) is 0.167. The highest BCUT2D eigenvalue weighted by Gasteiger charge is 2.18. The van der Waals surface area contributed by atoms with Gasteiger partial charge in [0, 0.05) is 39.3 Å². The second-order valence-electron chi connectivity index (χ2n) is 8.26. The molecule has 0 aromatic carbocycles. The fourth-order valence-corrected chi connectivity index (χ4v) is 3.27. The Balaban J connectivity index is 0.000000290. The highest BCUT2D eigenvalue weighted by Crippen LogP contribution is 2.28. The first-order chi connectivity index (χ1) is 20.1. The molecule has 43 heavy (non-hydrogen) atoms. The molecule has 0 spiro atoms. The molecule has 0 aliphatic heterocycles. The molecule has 4 rings (SSSR count). The minimum Gasteiger partial charge on any atom is -0.384 e. The lowest BCUT2D eigenvalue weighted by molar-refractivity contribution is -0.445. The number of rotatable bonds is 5. The van der Waals surface area contributed by atoms with Crippen LogP contribution in [0.3, 0.4) is 0 Å². The van der Waals surface area contributed by atoms with Crippen LogP contribution in [-0.2, 0) is 0 Å². The zero-order valence-corrected chi connectivity index (χ0v) is 26.4. The van der Waals surface area contributed by atoms with Gasteiger partial charge in [-0.05, 0) is 107 Å². The Morgan fingerprint density at radius 2 is 1.23 bits per heavy atom. The second-order valence-corrected chi connectivity index (χ2v) is 9.96. The van der Waals surface area contributed by atoms with E-state index in [1.165, 1.54) is 18.6 Å². The Labute approximate surface area is 261 Å². The first kappa shape index (κ1) is 36.0. The first-order valence-electron chi connectivity index (χ1n) is 11.7. The molecule has 0 bridgehead atoms. The highest BCUT2D eigenvalue weighted by molar-refractivity contribution is 9.10. The standard InChI is InChI=1S/2C6H6BrN3O2.C6H7N3O2.C6H8N2/c1-4-2-6(9-10(11)12)8-3-5(4)7;1-3-4(7)2-9-6(8)5(3)10(11)12;1-5-2-3-7-6(4-5)8-9(10)11;1-5-2-3-8-6(7)4-5/h2-3H,1H3,(H,8,9);2H,1H3,(H2,8,9);2-4H,1H3,(H,7,8);2-4H,1H3,(H2,7,8). The van der Waals surface area contributed by atoms with Crippen molar-refractivity contribution in [1.29, 1.82) is 0 Å². The van der Waals surface area contributed by atoms with Gasteiger partial charge in [0.15, 0.2) is 21.7 Å². The lowest BCUT2D eigenvalue weighted by atomic mass is 10.2. The van der Waals surface area contributed by atoms with E-state index in [2.05, 4.69) is 51.8 Å². The van der Waals surface area contributed by atoms with Gasteiger partial charge < -0.3 is 11.5 Å². The zero-order chi connectivity index (χ0) is 32.7. The average molecular weight is 725 g/mol. The number of aromatic nitrogens is 4. The van der Waals surface area contributed by atoms with Gasteiger partial charge in [-0.3, -0.25) is 10.1 Å². The van der Waals surface area contributed by atoms with Crippen molar-refractivity contribution in [2.75, 3.05) is 22.3 Å². The maximum absolute atomic E-state index is 10.5. The summed E-state index contributed by atoms with van der Waals surface area (Å²) in [5.74, 6) is 1.03. The minimum absolute atomic E-state index is 0.0549. The molecule has 17 nitrogen and oxygen atoms in total. The summed E-state index contributed by atoms with van der Waals surface area (Å²) < 4.78 is 1.42. The summed E-state index contributed by atoms with van der Waals surface area (Å²) in [5, 5.41) is 29.1. The third-order valence-electron chi connectivity index (χ3n) is 4.77. The van der Waals surface area contributed by atoms with Crippen molar-refractivity contribution in [3.63, 3.8) is 0 Å². The van der Waals surface area contributed by atoms with Gasteiger partial charge in [0.2, 0.25) is 5.82 Å². The number of hydrogen-bond acceptors (Lipinski definition) is 12. The Morgan fingerprint density at radius 1 is 0.721 bits per heavy atom.